The maximum atomic E-state index is 13.0. The van der Waals surface area contributed by atoms with Crippen LogP contribution in [0.15, 0.2) is 36.4 Å². The van der Waals surface area contributed by atoms with Gasteiger partial charge in [-0.25, -0.2) is 0 Å². The molecule has 2 aromatic carbocycles. The highest BCUT2D eigenvalue weighted by Crippen LogP contribution is 2.56. The Kier molecular flexibility index (Phi) is 5.23. The number of nitrogens with one attached hydrogen (secondary N) is 4. The summed E-state index contributed by atoms with van der Waals surface area (Å²) in [4.78, 5) is 26.0. The van der Waals surface area contributed by atoms with Crippen molar-refractivity contribution >= 4 is 23.2 Å². The maximum absolute atomic E-state index is 13.0. The molecule has 33 heavy (non-hydrogen) atoms. The predicted molar refractivity (Wildman–Crippen MR) is 130 cm³/mol. The molecule has 6 rings (SSSR count). The van der Waals surface area contributed by atoms with Crippen LogP contribution in [0, 0.1) is 0 Å². The monoisotopic (exact) mass is 444 g/mol. The summed E-state index contributed by atoms with van der Waals surface area (Å²) in [5.41, 5.74) is 6.87. The molecule has 2 aromatic rings. The van der Waals surface area contributed by atoms with Gasteiger partial charge in [0.1, 0.15) is 0 Å². The third-order valence-electron chi connectivity index (χ3n) is 8.17. The van der Waals surface area contributed by atoms with Crippen molar-refractivity contribution in [3.8, 4) is 0 Å². The Morgan fingerprint density at radius 2 is 1.24 bits per heavy atom. The summed E-state index contributed by atoms with van der Waals surface area (Å²) < 4.78 is 0. The van der Waals surface area contributed by atoms with E-state index >= 15 is 0 Å². The van der Waals surface area contributed by atoms with Crippen LogP contribution in [0.2, 0.25) is 0 Å². The van der Waals surface area contributed by atoms with Crippen LogP contribution in [0.4, 0.5) is 11.4 Å². The molecule has 2 aliphatic heterocycles. The fourth-order valence-corrected chi connectivity index (χ4v) is 6.66. The van der Waals surface area contributed by atoms with Crippen molar-refractivity contribution in [1.29, 1.82) is 0 Å². The van der Waals surface area contributed by atoms with E-state index in [1.165, 1.54) is 22.3 Å². The van der Waals surface area contributed by atoms with Gasteiger partial charge in [-0.1, -0.05) is 24.3 Å². The minimum Gasteiger partial charge on any atom is -0.324 e. The molecule has 0 aromatic heterocycles. The number of carbonyl (C=O) groups excluding carboxylic acids is 2. The lowest BCUT2D eigenvalue weighted by atomic mass is 9.75. The molecule has 0 bridgehead atoms. The number of benzene rings is 2. The molecule has 2 fully saturated rings. The van der Waals surface area contributed by atoms with Gasteiger partial charge in [-0.05, 0) is 98.8 Å². The molecule has 0 radical (unpaired) electrons. The normalized spacial score (nSPS) is 24.6. The minimum atomic E-state index is -0.162. The molecular formula is C27H32N4O2. The summed E-state index contributed by atoms with van der Waals surface area (Å²) in [6, 6.07) is 12.4. The Balaban J connectivity index is 1.38. The van der Waals surface area contributed by atoms with Crippen LogP contribution in [-0.2, 0) is 27.8 Å². The quantitative estimate of drug-likeness (QED) is 0.584. The van der Waals surface area contributed by atoms with Crippen molar-refractivity contribution in [3.63, 3.8) is 0 Å². The van der Waals surface area contributed by atoms with E-state index < -0.39 is 0 Å². The predicted octanol–water partition coefficient (Wildman–Crippen LogP) is 3.25. The number of hydrogen-bond acceptors (Lipinski definition) is 4. The van der Waals surface area contributed by atoms with E-state index in [-0.39, 0.29) is 29.3 Å². The first-order valence-corrected chi connectivity index (χ1v) is 12.5. The topological polar surface area (TPSA) is 82.3 Å². The zero-order chi connectivity index (χ0) is 22.4. The molecule has 2 saturated heterocycles. The van der Waals surface area contributed by atoms with Crippen molar-refractivity contribution < 1.29 is 9.59 Å². The van der Waals surface area contributed by atoms with Gasteiger partial charge in [-0.2, -0.15) is 0 Å². The van der Waals surface area contributed by atoms with Gasteiger partial charge in [0.15, 0.2) is 0 Å². The van der Waals surface area contributed by atoms with Gasteiger partial charge in [0, 0.05) is 16.8 Å². The molecular weight excluding hydrogens is 412 g/mol. The summed E-state index contributed by atoms with van der Waals surface area (Å²) in [6.45, 7) is 1.81. The molecule has 4 aliphatic rings. The van der Waals surface area contributed by atoms with Crippen LogP contribution >= 0.6 is 0 Å². The Labute approximate surface area is 194 Å². The van der Waals surface area contributed by atoms with Gasteiger partial charge in [0.25, 0.3) is 0 Å². The molecule has 0 saturated carbocycles. The molecule has 4 N–H and O–H groups in total. The summed E-state index contributed by atoms with van der Waals surface area (Å²) in [6.07, 6.45) is 7.87. The number of anilines is 2. The van der Waals surface area contributed by atoms with Crippen molar-refractivity contribution in [2.75, 3.05) is 23.7 Å². The third-order valence-corrected chi connectivity index (χ3v) is 8.17. The number of carbonyl (C=O) groups is 2. The zero-order valence-electron chi connectivity index (χ0n) is 19.0. The third kappa shape index (κ3) is 3.47. The molecule has 172 valence electrons. The first-order chi connectivity index (χ1) is 16.2. The highest BCUT2D eigenvalue weighted by atomic mass is 16.2. The Morgan fingerprint density at radius 1 is 0.758 bits per heavy atom. The van der Waals surface area contributed by atoms with E-state index in [4.69, 9.17) is 0 Å². The number of aryl methyl sites for hydroxylation is 2. The molecule has 1 spiro atoms. The molecule has 2 amide bonds. The lowest BCUT2D eigenvalue weighted by Crippen LogP contribution is -2.37. The molecule has 2 heterocycles. The Morgan fingerprint density at radius 3 is 1.67 bits per heavy atom. The smallest absolute Gasteiger partial charge is 0.241 e. The molecule has 6 heteroatoms. The van der Waals surface area contributed by atoms with Gasteiger partial charge >= 0.3 is 0 Å². The second kappa shape index (κ2) is 8.26. The van der Waals surface area contributed by atoms with Gasteiger partial charge in [0.2, 0.25) is 11.8 Å². The van der Waals surface area contributed by atoms with E-state index in [0.717, 1.165) is 75.8 Å². The van der Waals surface area contributed by atoms with Gasteiger partial charge in [-0.15, -0.1) is 0 Å². The van der Waals surface area contributed by atoms with Crippen LogP contribution in [0.25, 0.3) is 0 Å². The largest absolute Gasteiger partial charge is 0.324 e. The standard InChI is InChI=1S/C27H32N4O2/c32-25(21-9-3-15-28-21)30-19-7-1-5-17-11-13-27(23(17)19)14-12-18-6-2-8-20(24(18)27)31-26(33)22-10-4-16-29-22/h1-2,5-8,21-22,28-29H,3-4,9-16H2,(H,30,32)(H,31,33)/t21-,22-,27?/m0/s1. The van der Waals surface area contributed by atoms with Gasteiger partial charge in [0.05, 0.1) is 12.1 Å². The van der Waals surface area contributed by atoms with E-state index in [0.29, 0.717) is 0 Å². The summed E-state index contributed by atoms with van der Waals surface area (Å²) in [5.74, 6) is 0.130. The highest BCUT2D eigenvalue weighted by Gasteiger charge is 2.48. The number of amides is 2. The average molecular weight is 445 g/mol. The van der Waals surface area contributed by atoms with Gasteiger partial charge < -0.3 is 21.3 Å². The van der Waals surface area contributed by atoms with E-state index in [1.807, 2.05) is 0 Å². The number of rotatable bonds is 4. The molecule has 0 unspecified atom stereocenters. The van der Waals surface area contributed by atoms with Crippen LogP contribution in [0.1, 0.15) is 60.8 Å². The SMILES string of the molecule is O=C(Nc1cccc2c1C1(CC2)CCc2cccc(NC(=O)[C@@H]3CCCN3)c21)[C@@H]1CCCN1. The van der Waals surface area contributed by atoms with Crippen LogP contribution < -0.4 is 21.3 Å². The second-order valence-electron chi connectivity index (χ2n) is 10.0. The van der Waals surface area contributed by atoms with E-state index in [2.05, 4.69) is 57.7 Å². The van der Waals surface area contributed by atoms with Crippen molar-refractivity contribution in [2.45, 2.75) is 68.9 Å². The number of hydrogen-bond donors (Lipinski definition) is 4. The summed E-state index contributed by atoms with van der Waals surface area (Å²) in [7, 11) is 0. The number of fused-ring (bicyclic) bond motifs is 4. The highest BCUT2D eigenvalue weighted by molar-refractivity contribution is 5.98. The Hall–Kier alpha value is -2.70. The summed E-state index contributed by atoms with van der Waals surface area (Å²) in [5, 5.41) is 13.2. The summed E-state index contributed by atoms with van der Waals surface area (Å²) >= 11 is 0. The van der Waals surface area contributed by atoms with Gasteiger partial charge in [-0.3, -0.25) is 9.59 Å². The van der Waals surface area contributed by atoms with E-state index in [9.17, 15) is 9.59 Å². The second-order valence-corrected chi connectivity index (χ2v) is 10.0. The fourth-order valence-electron chi connectivity index (χ4n) is 6.66. The van der Waals surface area contributed by atoms with Crippen molar-refractivity contribution in [2.24, 2.45) is 0 Å². The fraction of sp³-hybridized carbons (Fsp3) is 0.481. The Bertz CT molecular complexity index is 1010. The van der Waals surface area contributed by atoms with Crippen LogP contribution in [0.5, 0.6) is 0 Å². The molecule has 6 nitrogen and oxygen atoms in total. The molecule has 2 aliphatic carbocycles. The van der Waals surface area contributed by atoms with Crippen molar-refractivity contribution in [1.82, 2.24) is 10.6 Å². The van der Waals surface area contributed by atoms with E-state index in [1.54, 1.807) is 0 Å². The van der Waals surface area contributed by atoms with Crippen LogP contribution in [0.3, 0.4) is 0 Å². The van der Waals surface area contributed by atoms with Crippen LogP contribution in [-0.4, -0.2) is 37.0 Å². The zero-order valence-corrected chi connectivity index (χ0v) is 19.0. The lowest BCUT2D eigenvalue weighted by Gasteiger charge is -2.31. The lowest BCUT2D eigenvalue weighted by molar-refractivity contribution is -0.118. The minimum absolute atomic E-state index is 0.0649. The maximum Gasteiger partial charge on any atom is 0.241 e. The average Bonchev–Trinajstić information content (AvgIpc) is 3.63. The first kappa shape index (κ1) is 20.9. The molecule has 2 atom stereocenters. The first-order valence-electron chi connectivity index (χ1n) is 12.5. The van der Waals surface area contributed by atoms with Crippen molar-refractivity contribution in [3.05, 3.63) is 58.7 Å².